The van der Waals surface area contributed by atoms with Crippen molar-refractivity contribution in [1.82, 2.24) is 9.55 Å². The van der Waals surface area contributed by atoms with E-state index >= 15 is 0 Å². The first-order valence-electron chi connectivity index (χ1n) is 9.66. The van der Waals surface area contributed by atoms with Crippen LogP contribution in [-0.2, 0) is 15.9 Å². The lowest BCUT2D eigenvalue weighted by Crippen LogP contribution is -2.41. The molecule has 1 aromatic carbocycles. The Bertz CT molecular complexity index is 746. The summed E-state index contributed by atoms with van der Waals surface area (Å²) in [5, 5.41) is 0. The van der Waals surface area contributed by atoms with Crippen molar-refractivity contribution in [2.24, 2.45) is 5.92 Å². The average molecular weight is 340 g/mol. The molecule has 134 valence electrons. The maximum absolute atomic E-state index is 6.17. The van der Waals surface area contributed by atoms with Gasteiger partial charge in [-0.2, -0.15) is 0 Å². The quantitative estimate of drug-likeness (QED) is 0.795. The molecule has 5 heteroatoms. The van der Waals surface area contributed by atoms with Gasteiger partial charge in [-0.3, -0.25) is 0 Å². The highest BCUT2D eigenvalue weighted by atomic mass is 16.7. The molecule has 2 heterocycles. The molecule has 1 saturated carbocycles. The van der Waals surface area contributed by atoms with Gasteiger partial charge >= 0.3 is 7.12 Å². The molecule has 2 aliphatic rings. The van der Waals surface area contributed by atoms with Crippen LogP contribution in [0.5, 0.6) is 0 Å². The summed E-state index contributed by atoms with van der Waals surface area (Å²) in [6.45, 7) is 9.44. The first-order valence-corrected chi connectivity index (χ1v) is 9.66. The summed E-state index contributed by atoms with van der Waals surface area (Å²) < 4.78 is 14.7. The molecule has 1 aromatic heterocycles. The second kappa shape index (κ2) is 6.13. The Morgan fingerprint density at radius 1 is 1.08 bits per heavy atom. The van der Waals surface area contributed by atoms with E-state index in [0.717, 1.165) is 23.4 Å². The third kappa shape index (κ3) is 3.13. The van der Waals surface area contributed by atoms with E-state index in [0.29, 0.717) is 0 Å². The van der Waals surface area contributed by atoms with Crippen LogP contribution in [0, 0.1) is 5.92 Å². The minimum atomic E-state index is -0.321. The fourth-order valence-electron chi connectivity index (χ4n) is 4.00. The zero-order chi connectivity index (χ0) is 17.7. The Morgan fingerprint density at radius 3 is 2.44 bits per heavy atom. The normalized spacial score (nSPS) is 23.4. The lowest BCUT2D eigenvalue weighted by atomic mass is 9.79. The minimum Gasteiger partial charge on any atom is -0.399 e. The molecular weight excluding hydrogens is 311 g/mol. The Labute approximate surface area is 151 Å². The van der Waals surface area contributed by atoms with Crippen LogP contribution >= 0.6 is 0 Å². The second-order valence-electron chi connectivity index (χ2n) is 8.74. The van der Waals surface area contributed by atoms with Gasteiger partial charge in [0.05, 0.1) is 28.6 Å². The zero-order valence-electron chi connectivity index (χ0n) is 15.9. The maximum atomic E-state index is 6.17. The highest BCUT2D eigenvalue weighted by Gasteiger charge is 2.51. The van der Waals surface area contributed by atoms with Gasteiger partial charge in [0.25, 0.3) is 0 Å². The Hall–Kier alpha value is -1.33. The van der Waals surface area contributed by atoms with Crippen molar-refractivity contribution in [1.29, 1.82) is 0 Å². The monoisotopic (exact) mass is 340 g/mol. The van der Waals surface area contributed by atoms with E-state index in [4.69, 9.17) is 9.31 Å². The fraction of sp³-hybridized carbons (Fsp3) is 0.650. The third-order valence-corrected chi connectivity index (χ3v) is 6.35. The van der Waals surface area contributed by atoms with Gasteiger partial charge in [0.15, 0.2) is 0 Å². The summed E-state index contributed by atoms with van der Waals surface area (Å²) in [6, 6.07) is 6.42. The van der Waals surface area contributed by atoms with Crippen molar-refractivity contribution in [2.45, 2.75) is 77.5 Å². The topological polar surface area (TPSA) is 36.3 Å². The Balaban J connectivity index is 1.56. The molecule has 0 unspecified atom stereocenters. The van der Waals surface area contributed by atoms with Crippen molar-refractivity contribution in [3.05, 3.63) is 24.5 Å². The molecule has 0 amide bonds. The van der Waals surface area contributed by atoms with E-state index in [1.165, 1.54) is 37.6 Å². The first kappa shape index (κ1) is 17.1. The van der Waals surface area contributed by atoms with E-state index in [1.807, 2.05) is 6.33 Å². The molecule has 2 aromatic rings. The number of hydrogen-bond acceptors (Lipinski definition) is 3. The van der Waals surface area contributed by atoms with Crippen LogP contribution in [0.3, 0.4) is 0 Å². The van der Waals surface area contributed by atoms with E-state index < -0.39 is 0 Å². The van der Waals surface area contributed by atoms with Gasteiger partial charge in [0.1, 0.15) is 0 Å². The van der Waals surface area contributed by atoms with Crippen molar-refractivity contribution < 1.29 is 9.31 Å². The summed E-state index contributed by atoms with van der Waals surface area (Å²) in [5.41, 5.74) is 2.67. The molecular formula is C20H29BN2O2. The molecule has 1 aliphatic heterocycles. The third-order valence-electron chi connectivity index (χ3n) is 6.35. The zero-order valence-corrected chi connectivity index (χ0v) is 15.9. The van der Waals surface area contributed by atoms with Crippen molar-refractivity contribution >= 4 is 23.6 Å². The number of imidazole rings is 1. The van der Waals surface area contributed by atoms with E-state index in [1.54, 1.807) is 0 Å². The van der Waals surface area contributed by atoms with Crippen molar-refractivity contribution in [3.63, 3.8) is 0 Å². The highest BCUT2D eigenvalue weighted by molar-refractivity contribution is 6.62. The van der Waals surface area contributed by atoms with Crippen LogP contribution < -0.4 is 5.46 Å². The van der Waals surface area contributed by atoms with E-state index in [2.05, 4.69) is 55.4 Å². The largest absolute Gasteiger partial charge is 0.494 e. The smallest absolute Gasteiger partial charge is 0.399 e. The first-order chi connectivity index (χ1) is 11.9. The van der Waals surface area contributed by atoms with Crippen LogP contribution in [-0.4, -0.2) is 27.9 Å². The van der Waals surface area contributed by atoms with E-state index in [-0.39, 0.29) is 18.3 Å². The molecule has 4 nitrogen and oxygen atoms in total. The van der Waals surface area contributed by atoms with Crippen molar-refractivity contribution in [2.75, 3.05) is 0 Å². The van der Waals surface area contributed by atoms with Crippen LogP contribution in [0.2, 0.25) is 0 Å². The number of benzene rings is 1. The van der Waals surface area contributed by atoms with Crippen LogP contribution in [0.15, 0.2) is 24.5 Å². The fourth-order valence-corrected chi connectivity index (χ4v) is 4.00. The SMILES string of the molecule is CC1(C)OB(c2ccc3c(c2)ncn3CC2CCCCC2)OC1(C)C. The summed E-state index contributed by atoms with van der Waals surface area (Å²) in [6.07, 6.45) is 8.86. The predicted molar refractivity (Wildman–Crippen MR) is 102 cm³/mol. The molecule has 0 atom stereocenters. The summed E-state index contributed by atoms with van der Waals surface area (Å²) in [4.78, 5) is 4.64. The molecule has 1 saturated heterocycles. The van der Waals surface area contributed by atoms with E-state index in [9.17, 15) is 0 Å². The molecule has 0 radical (unpaired) electrons. The molecule has 2 fully saturated rings. The lowest BCUT2D eigenvalue weighted by molar-refractivity contribution is 0.00578. The van der Waals surface area contributed by atoms with Crippen LogP contribution in [0.4, 0.5) is 0 Å². The van der Waals surface area contributed by atoms with Gasteiger partial charge in [0, 0.05) is 6.54 Å². The second-order valence-corrected chi connectivity index (χ2v) is 8.74. The van der Waals surface area contributed by atoms with Gasteiger partial charge in [-0.05, 0) is 64.1 Å². The minimum absolute atomic E-state index is 0.313. The highest BCUT2D eigenvalue weighted by Crippen LogP contribution is 2.36. The molecule has 1 aliphatic carbocycles. The summed E-state index contributed by atoms with van der Waals surface area (Å²) >= 11 is 0. The standard InChI is InChI=1S/C20H29BN2O2/c1-19(2)20(3,4)25-21(24-19)16-10-11-18-17(12-16)22-14-23(18)13-15-8-6-5-7-9-15/h10-12,14-15H,5-9,13H2,1-4H3. The molecule has 0 spiro atoms. The van der Waals surface area contributed by atoms with Gasteiger partial charge in [-0.25, -0.2) is 4.98 Å². The average Bonchev–Trinajstić information content (AvgIpc) is 3.06. The van der Waals surface area contributed by atoms with Crippen molar-refractivity contribution in [3.8, 4) is 0 Å². The molecule has 0 bridgehead atoms. The lowest BCUT2D eigenvalue weighted by Gasteiger charge is -2.32. The van der Waals surface area contributed by atoms with Gasteiger partial charge in [-0.15, -0.1) is 0 Å². The Kier molecular flexibility index (Phi) is 4.20. The number of nitrogens with zero attached hydrogens (tertiary/aromatic N) is 2. The van der Waals surface area contributed by atoms with Crippen LogP contribution in [0.1, 0.15) is 59.8 Å². The van der Waals surface area contributed by atoms with Gasteiger partial charge < -0.3 is 13.9 Å². The van der Waals surface area contributed by atoms with Gasteiger partial charge in [0.2, 0.25) is 0 Å². The number of rotatable bonds is 3. The summed E-state index contributed by atoms with van der Waals surface area (Å²) in [5.74, 6) is 0.800. The number of fused-ring (bicyclic) bond motifs is 1. The maximum Gasteiger partial charge on any atom is 0.494 e. The summed E-state index contributed by atoms with van der Waals surface area (Å²) in [7, 11) is -0.321. The Morgan fingerprint density at radius 2 is 1.76 bits per heavy atom. The molecule has 4 rings (SSSR count). The number of aromatic nitrogens is 2. The predicted octanol–water partition coefficient (Wildman–Crippen LogP) is 3.92. The molecule has 25 heavy (non-hydrogen) atoms. The van der Waals surface area contributed by atoms with Crippen LogP contribution in [0.25, 0.3) is 11.0 Å². The van der Waals surface area contributed by atoms with Gasteiger partial charge in [-0.1, -0.05) is 25.3 Å². The molecule has 0 N–H and O–H groups in total. The number of hydrogen-bond donors (Lipinski definition) is 0.